The predicted octanol–water partition coefficient (Wildman–Crippen LogP) is 4.82. The van der Waals surface area contributed by atoms with Gasteiger partial charge in [0.1, 0.15) is 0 Å². The lowest BCUT2D eigenvalue weighted by Crippen LogP contribution is -2.37. The molecule has 0 spiro atoms. The van der Waals surface area contributed by atoms with E-state index in [0.717, 1.165) is 41.1 Å². The molecular weight excluding hydrogens is 505 g/mol. The van der Waals surface area contributed by atoms with Crippen LogP contribution in [0.4, 0.5) is 0 Å². The number of nitrogens with one attached hydrogen (secondary N) is 2. The third-order valence-electron chi connectivity index (χ3n) is 4.02. The summed E-state index contributed by atoms with van der Waals surface area (Å²) in [6, 6.07) is 6.31. The van der Waals surface area contributed by atoms with Crippen molar-refractivity contribution in [3.8, 4) is 10.6 Å². The maximum Gasteiger partial charge on any atom is 0.191 e. The molecule has 2 N–H and O–H groups in total. The van der Waals surface area contributed by atoms with Crippen LogP contribution in [0.3, 0.4) is 0 Å². The van der Waals surface area contributed by atoms with Crippen LogP contribution < -0.4 is 10.6 Å². The molecule has 3 rings (SSSR count). The molecule has 0 aliphatic rings. The summed E-state index contributed by atoms with van der Waals surface area (Å²) >= 11 is 3.48. The molecule has 0 radical (unpaired) electrons. The maximum absolute atomic E-state index is 5.34. The van der Waals surface area contributed by atoms with Gasteiger partial charge in [-0.25, -0.2) is 4.98 Å². The van der Waals surface area contributed by atoms with E-state index in [4.69, 9.17) is 4.52 Å². The van der Waals surface area contributed by atoms with Crippen LogP contribution in [0.25, 0.3) is 10.6 Å². The predicted molar refractivity (Wildman–Crippen MR) is 128 cm³/mol. The van der Waals surface area contributed by atoms with Crippen molar-refractivity contribution < 1.29 is 4.52 Å². The van der Waals surface area contributed by atoms with Gasteiger partial charge in [-0.15, -0.1) is 46.7 Å². The van der Waals surface area contributed by atoms with Gasteiger partial charge in [-0.3, -0.25) is 4.99 Å². The molecule has 6 nitrogen and oxygen atoms in total. The second kappa shape index (κ2) is 10.9. The maximum atomic E-state index is 5.34. The summed E-state index contributed by atoms with van der Waals surface area (Å²) in [5.41, 5.74) is 2.05. The number of thiophene rings is 1. The van der Waals surface area contributed by atoms with E-state index < -0.39 is 0 Å². The van der Waals surface area contributed by atoms with Crippen LogP contribution in [0, 0.1) is 6.92 Å². The molecule has 0 saturated carbocycles. The Kier molecular flexibility index (Phi) is 8.90. The first-order chi connectivity index (χ1) is 13.0. The zero-order valence-electron chi connectivity index (χ0n) is 16.5. The molecule has 0 aromatic carbocycles. The number of nitrogens with zero attached hydrogens (tertiary/aromatic N) is 3. The number of rotatable bonds is 7. The Balaban J connectivity index is 0.00000280. The minimum absolute atomic E-state index is 0. The highest BCUT2D eigenvalue weighted by Crippen LogP contribution is 2.29. The van der Waals surface area contributed by atoms with E-state index in [9.17, 15) is 0 Å². The van der Waals surface area contributed by atoms with Gasteiger partial charge < -0.3 is 15.2 Å². The van der Waals surface area contributed by atoms with E-state index in [0.29, 0.717) is 12.5 Å². The van der Waals surface area contributed by atoms with Crippen molar-refractivity contribution in [3.05, 3.63) is 44.9 Å². The van der Waals surface area contributed by atoms with Gasteiger partial charge in [0.2, 0.25) is 0 Å². The first-order valence-electron chi connectivity index (χ1n) is 8.96. The van der Waals surface area contributed by atoms with Gasteiger partial charge in [-0.05, 0) is 31.4 Å². The van der Waals surface area contributed by atoms with Crippen molar-refractivity contribution in [3.63, 3.8) is 0 Å². The summed E-state index contributed by atoms with van der Waals surface area (Å²) in [6.45, 7) is 7.60. The molecule has 0 saturated heterocycles. The average Bonchev–Trinajstić information content (AvgIpc) is 3.38. The Morgan fingerprint density at radius 1 is 1.29 bits per heavy atom. The molecule has 152 valence electrons. The summed E-state index contributed by atoms with van der Waals surface area (Å²) in [5, 5.41) is 13.9. The van der Waals surface area contributed by atoms with Crippen molar-refractivity contribution >= 4 is 52.6 Å². The largest absolute Gasteiger partial charge is 0.359 e. The van der Waals surface area contributed by atoms with Gasteiger partial charge in [0.05, 0.1) is 27.8 Å². The van der Waals surface area contributed by atoms with Crippen molar-refractivity contribution in [2.45, 2.75) is 39.7 Å². The average molecular weight is 531 g/mol. The molecule has 3 heterocycles. The summed E-state index contributed by atoms with van der Waals surface area (Å²) in [7, 11) is 1.77. The van der Waals surface area contributed by atoms with Crippen LogP contribution in [0.2, 0.25) is 0 Å². The van der Waals surface area contributed by atoms with Crippen LogP contribution in [0.1, 0.15) is 41.1 Å². The van der Waals surface area contributed by atoms with Crippen molar-refractivity contribution in [1.82, 2.24) is 20.8 Å². The fraction of sp³-hybridized carbons (Fsp3) is 0.421. The Labute approximate surface area is 190 Å². The first-order valence-corrected chi connectivity index (χ1v) is 10.7. The van der Waals surface area contributed by atoms with Gasteiger partial charge in [0, 0.05) is 29.9 Å². The molecule has 0 bridgehead atoms. The molecular formula is C19H26IN5OS2. The SMILES string of the molecule is CN=C(NCCc1ccc(-c2csc(C)n2)s1)NCc1cc(C(C)C)no1.I. The Morgan fingerprint density at radius 3 is 2.75 bits per heavy atom. The number of hydrogen-bond donors (Lipinski definition) is 2. The Morgan fingerprint density at radius 2 is 2.11 bits per heavy atom. The summed E-state index contributed by atoms with van der Waals surface area (Å²) < 4.78 is 5.34. The lowest BCUT2D eigenvalue weighted by molar-refractivity contribution is 0.372. The lowest BCUT2D eigenvalue weighted by atomic mass is 10.1. The van der Waals surface area contributed by atoms with E-state index in [1.165, 1.54) is 9.75 Å². The second-order valence-electron chi connectivity index (χ2n) is 6.49. The van der Waals surface area contributed by atoms with Crippen LogP contribution in [0.5, 0.6) is 0 Å². The smallest absolute Gasteiger partial charge is 0.191 e. The normalized spacial score (nSPS) is 11.5. The highest BCUT2D eigenvalue weighted by molar-refractivity contribution is 14.0. The monoisotopic (exact) mass is 531 g/mol. The molecule has 0 atom stereocenters. The van der Waals surface area contributed by atoms with Gasteiger partial charge in [0.15, 0.2) is 11.7 Å². The van der Waals surface area contributed by atoms with E-state index in [1.807, 2.05) is 13.0 Å². The van der Waals surface area contributed by atoms with E-state index in [2.05, 4.69) is 57.1 Å². The molecule has 9 heteroatoms. The number of thiazole rings is 1. The van der Waals surface area contributed by atoms with Crippen LogP contribution in [-0.2, 0) is 13.0 Å². The number of aryl methyl sites for hydroxylation is 1. The zero-order valence-corrected chi connectivity index (χ0v) is 20.4. The Hall–Kier alpha value is -1.46. The first kappa shape index (κ1) is 22.8. The fourth-order valence-corrected chi connectivity index (χ4v) is 4.16. The van der Waals surface area contributed by atoms with Crippen LogP contribution in [-0.4, -0.2) is 29.7 Å². The molecule has 0 fully saturated rings. The molecule has 3 aromatic heterocycles. The molecule has 3 aromatic rings. The number of hydrogen-bond acceptors (Lipinski definition) is 6. The van der Waals surface area contributed by atoms with Crippen LogP contribution >= 0.6 is 46.7 Å². The third-order valence-corrected chi connectivity index (χ3v) is 5.96. The highest BCUT2D eigenvalue weighted by Gasteiger charge is 2.09. The zero-order chi connectivity index (χ0) is 19.2. The summed E-state index contributed by atoms with van der Waals surface area (Å²) in [4.78, 5) is 11.4. The number of halogens is 1. The number of aliphatic imine (C=N–C) groups is 1. The summed E-state index contributed by atoms with van der Waals surface area (Å²) in [6.07, 6.45) is 0.939. The molecule has 0 aliphatic carbocycles. The van der Waals surface area contributed by atoms with Gasteiger partial charge >= 0.3 is 0 Å². The Bertz CT molecular complexity index is 900. The summed E-state index contributed by atoms with van der Waals surface area (Å²) in [5.74, 6) is 1.93. The van der Waals surface area contributed by atoms with Crippen molar-refractivity contribution in [2.75, 3.05) is 13.6 Å². The van der Waals surface area contributed by atoms with Crippen LogP contribution in [0.15, 0.2) is 33.1 Å². The van der Waals surface area contributed by atoms with E-state index in [-0.39, 0.29) is 24.0 Å². The highest BCUT2D eigenvalue weighted by atomic mass is 127. The minimum Gasteiger partial charge on any atom is -0.359 e. The van der Waals surface area contributed by atoms with Crippen molar-refractivity contribution in [1.29, 1.82) is 0 Å². The van der Waals surface area contributed by atoms with Crippen molar-refractivity contribution in [2.24, 2.45) is 4.99 Å². The van der Waals surface area contributed by atoms with E-state index >= 15 is 0 Å². The molecule has 0 unspecified atom stereocenters. The number of aromatic nitrogens is 2. The molecule has 0 aliphatic heterocycles. The van der Waals surface area contributed by atoms with Gasteiger partial charge in [0.25, 0.3) is 0 Å². The third kappa shape index (κ3) is 6.28. The second-order valence-corrected chi connectivity index (χ2v) is 8.72. The molecule has 0 amide bonds. The van der Waals surface area contributed by atoms with Gasteiger partial charge in [-0.2, -0.15) is 0 Å². The minimum atomic E-state index is 0. The molecule has 28 heavy (non-hydrogen) atoms. The fourth-order valence-electron chi connectivity index (χ4n) is 2.51. The quantitative estimate of drug-likeness (QED) is 0.260. The topological polar surface area (TPSA) is 75.3 Å². The van der Waals surface area contributed by atoms with Gasteiger partial charge in [-0.1, -0.05) is 19.0 Å². The lowest BCUT2D eigenvalue weighted by Gasteiger charge is -2.10. The number of guanidine groups is 1. The standard InChI is InChI=1S/C19H25N5OS2.HI/c1-12(2)16-9-14(25-24-16)10-22-19(20-4)21-8-7-15-5-6-18(27-15)17-11-26-13(3)23-17;/h5-6,9,11-12H,7-8,10H2,1-4H3,(H2,20,21,22);1H. The van der Waals surface area contributed by atoms with E-state index in [1.54, 1.807) is 29.7 Å².